The summed E-state index contributed by atoms with van der Waals surface area (Å²) in [7, 11) is 0. The van der Waals surface area contributed by atoms with Crippen molar-refractivity contribution in [2.24, 2.45) is 0 Å². The predicted molar refractivity (Wildman–Crippen MR) is 111 cm³/mol. The van der Waals surface area contributed by atoms with E-state index in [4.69, 9.17) is 0 Å². The summed E-state index contributed by atoms with van der Waals surface area (Å²) < 4.78 is 13.0. The lowest BCUT2D eigenvalue weighted by Crippen LogP contribution is -2.29. The molecule has 2 aromatic carbocycles. The van der Waals surface area contributed by atoms with Gasteiger partial charge < -0.3 is 10.2 Å². The Morgan fingerprint density at radius 3 is 2.72 bits per heavy atom. The van der Waals surface area contributed by atoms with Crippen molar-refractivity contribution in [2.45, 2.75) is 32.7 Å². The summed E-state index contributed by atoms with van der Waals surface area (Å²) >= 11 is 0. The highest BCUT2D eigenvalue weighted by Gasteiger charge is 2.28. The van der Waals surface area contributed by atoms with Crippen molar-refractivity contribution < 1.29 is 9.18 Å². The smallest absolute Gasteiger partial charge is 0.270 e. The molecule has 6 heteroatoms. The number of nitrogens with zero attached hydrogens (tertiary/aromatic N) is 3. The fraction of sp³-hybridized carbons (Fsp3) is 0.261. The first kappa shape index (κ1) is 19.1. The molecule has 1 N–H and O–H groups in total. The number of hydrogen-bond acceptors (Lipinski definition) is 4. The highest BCUT2D eigenvalue weighted by atomic mass is 19.1. The predicted octanol–water partition coefficient (Wildman–Crippen LogP) is 3.98. The lowest BCUT2D eigenvalue weighted by atomic mass is 10.1. The van der Waals surface area contributed by atoms with E-state index in [1.165, 1.54) is 17.7 Å². The van der Waals surface area contributed by atoms with Crippen LogP contribution >= 0.6 is 0 Å². The molecule has 29 heavy (non-hydrogen) atoms. The highest BCUT2D eigenvalue weighted by Crippen LogP contribution is 2.37. The molecule has 4 rings (SSSR count). The number of carbonyl (C=O) groups is 1. The van der Waals surface area contributed by atoms with E-state index in [9.17, 15) is 9.18 Å². The Hall–Kier alpha value is -3.28. The van der Waals surface area contributed by atoms with Gasteiger partial charge in [-0.25, -0.2) is 14.4 Å². The Morgan fingerprint density at radius 1 is 1.17 bits per heavy atom. The molecule has 0 spiro atoms. The maximum Gasteiger partial charge on any atom is 0.270 e. The molecule has 148 valence electrons. The topological polar surface area (TPSA) is 58.1 Å². The number of rotatable bonds is 5. The van der Waals surface area contributed by atoms with E-state index in [1.807, 2.05) is 12.1 Å². The van der Waals surface area contributed by atoms with E-state index in [1.54, 1.807) is 25.1 Å². The van der Waals surface area contributed by atoms with Gasteiger partial charge in [0.15, 0.2) is 0 Å². The van der Waals surface area contributed by atoms with Crippen molar-refractivity contribution in [1.82, 2.24) is 15.3 Å². The molecule has 1 unspecified atom stereocenters. The number of halogens is 1. The van der Waals surface area contributed by atoms with Crippen LogP contribution in [0.1, 0.15) is 34.4 Å². The molecule has 1 aliphatic heterocycles. The second-order valence-corrected chi connectivity index (χ2v) is 7.34. The molecule has 0 aliphatic carbocycles. The van der Waals surface area contributed by atoms with E-state index in [0.29, 0.717) is 24.5 Å². The number of aromatic nitrogens is 2. The summed E-state index contributed by atoms with van der Waals surface area (Å²) in [5, 5.41) is 2.90. The normalized spacial score (nSPS) is 15.3. The van der Waals surface area contributed by atoms with Gasteiger partial charge in [-0.2, -0.15) is 0 Å². The molecule has 0 saturated heterocycles. The molecule has 0 saturated carbocycles. The van der Waals surface area contributed by atoms with E-state index in [-0.39, 0.29) is 17.8 Å². The number of amides is 1. The third kappa shape index (κ3) is 4.11. The molecule has 0 radical (unpaired) electrons. The summed E-state index contributed by atoms with van der Waals surface area (Å²) in [6, 6.07) is 16.6. The maximum atomic E-state index is 13.0. The lowest BCUT2D eigenvalue weighted by molar-refractivity contribution is 0.0948. The van der Waals surface area contributed by atoms with E-state index in [0.717, 1.165) is 23.5 Å². The van der Waals surface area contributed by atoms with Crippen LogP contribution in [0, 0.1) is 12.7 Å². The maximum absolute atomic E-state index is 13.0. The molecular formula is C23H23FN4O. The van der Waals surface area contributed by atoms with E-state index < -0.39 is 0 Å². The molecule has 2 heterocycles. The van der Waals surface area contributed by atoms with Crippen molar-refractivity contribution in [3.63, 3.8) is 0 Å². The van der Waals surface area contributed by atoms with Crippen LogP contribution in [-0.4, -0.2) is 28.5 Å². The van der Waals surface area contributed by atoms with Gasteiger partial charge in [-0.1, -0.05) is 30.3 Å². The molecule has 5 nitrogen and oxygen atoms in total. The second-order valence-electron chi connectivity index (χ2n) is 7.34. The lowest BCUT2D eigenvalue weighted by Gasteiger charge is -2.24. The SMILES string of the molecule is Cc1nc(C(=O)NCCc2ccc(F)cc2)cc(N2c3ccccc3CC2C)n1. The van der Waals surface area contributed by atoms with Crippen LogP contribution in [0.15, 0.2) is 54.6 Å². The van der Waals surface area contributed by atoms with Crippen molar-refractivity contribution in [3.8, 4) is 0 Å². The number of aryl methyl sites for hydroxylation is 1. The van der Waals surface area contributed by atoms with Gasteiger partial charge >= 0.3 is 0 Å². The second kappa shape index (κ2) is 7.99. The average molecular weight is 390 g/mol. The van der Waals surface area contributed by atoms with Crippen LogP contribution in [-0.2, 0) is 12.8 Å². The molecule has 1 atom stereocenters. The largest absolute Gasteiger partial charge is 0.350 e. The van der Waals surface area contributed by atoms with Gasteiger partial charge in [-0.3, -0.25) is 4.79 Å². The van der Waals surface area contributed by atoms with Crippen LogP contribution in [0.3, 0.4) is 0 Å². The van der Waals surface area contributed by atoms with E-state index >= 15 is 0 Å². The fourth-order valence-electron chi connectivity index (χ4n) is 3.77. The number of carbonyl (C=O) groups excluding carboxylic acids is 1. The van der Waals surface area contributed by atoms with Crippen molar-refractivity contribution >= 4 is 17.4 Å². The van der Waals surface area contributed by atoms with Gasteiger partial charge in [0, 0.05) is 24.3 Å². The zero-order valence-electron chi connectivity index (χ0n) is 16.5. The number of para-hydroxylation sites is 1. The minimum absolute atomic E-state index is 0.237. The van der Waals surface area contributed by atoms with Crippen LogP contribution < -0.4 is 10.2 Å². The minimum atomic E-state index is -0.264. The number of benzene rings is 2. The first-order chi connectivity index (χ1) is 14.0. The molecule has 1 aromatic heterocycles. The molecule has 1 aliphatic rings. The summed E-state index contributed by atoms with van der Waals surface area (Å²) in [4.78, 5) is 23.7. The Kier molecular flexibility index (Phi) is 5.25. The van der Waals surface area contributed by atoms with Crippen LogP contribution in [0.5, 0.6) is 0 Å². The van der Waals surface area contributed by atoms with Gasteiger partial charge in [-0.05, 0) is 56.0 Å². The third-order valence-electron chi connectivity index (χ3n) is 5.12. The standard InChI is InChI=1S/C23H23FN4O/c1-15-13-18-5-3-4-6-21(18)28(15)22-14-20(26-16(2)27-22)23(29)25-12-11-17-7-9-19(24)10-8-17/h3-10,14-15H,11-13H2,1-2H3,(H,25,29). The Morgan fingerprint density at radius 2 is 1.93 bits per heavy atom. The van der Waals surface area contributed by atoms with Crippen molar-refractivity contribution in [1.29, 1.82) is 0 Å². The number of anilines is 2. The number of hydrogen-bond donors (Lipinski definition) is 1. The minimum Gasteiger partial charge on any atom is -0.350 e. The first-order valence-electron chi connectivity index (χ1n) is 9.77. The van der Waals surface area contributed by atoms with Gasteiger partial charge in [0.25, 0.3) is 5.91 Å². The monoisotopic (exact) mass is 390 g/mol. The van der Waals surface area contributed by atoms with Crippen molar-refractivity contribution in [2.75, 3.05) is 11.4 Å². The van der Waals surface area contributed by atoms with E-state index in [2.05, 4.69) is 39.2 Å². The first-order valence-corrected chi connectivity index (χ1v) is 9.77. The molecule has 1 amide bonds. The molecular weight excluding hydrogens is 367 g/mol. The van der Waals surface area contributed by atoms with Crippen LogP contribution in [0.25, 0.3) is 0 Å². The van der Waals surface area contributed by atoms with Gasteiger partial charge in [0.1, 0.15) is 23.2 Å². The Balaban J connectivity index is 1.49. The zero-order valence-corrected chi connectivity index (χ0v) is 16.5. The van der Waals surface area contributed by atoms with Crippen LogP contribution in [0.2, 0.25) is 0 Å². The Bertz CT molecular complexity index is 1040. The average Bonchev–Trinajstić information content (AvgIpc) is 3.04. The van der Waals surface area contributed by atoms with Crippen LogP contribution in [0.4, 0.5) is 15.9 Å². The van der Waals surface area contributed by atoms with Gasteiger partial charge in [-0.15, -0.1) is 0 Å². The Labute approximate surface area is 169 Å². The summed E-state index contributed by atoms with van der Waals surface area (Å²) in [5.74, 6) is 0.792. The number of nitrogens with one attached hydrogen (secondary N) is 1. The third-order valence-corrected chi connectivity index (χ3v) is 5.12. The summed E-state index contributed by atoms with van der Waals surface area (Å²) in [6.45, 7) is 4.40. The molecule has 3 aromatic rings. The molecule has 0 bridgehead atoms. The van der Waals surface area contributed by atoms with Crippen molar-refractivity contribution in [3.05, 3.63) is 83.1 Å². The van der Waals surface area contributed by atoms with Gasteiger partial charge in [0.2, 0.25) is 0 Å². The quantitative estimate of drug-likeness (QED) is 0.716. The summed E-state index contributed by atoms with van der Waals surface area (Å²) in [5.41, 5.74) is 3.72. The zero-order chi connectivity index (χ0) is 20.4. The fourth-order valence-corrected chi connectivity index (χ4v) is 3.77. The molecule has 0 fully saturated rings. The van der Waals surface area contributed by atoms with Gasteiger partial charge in [0.05, 0.1) is 0 Å². The summed E-state index contributed by atoms with van der Waals surface area (Å²) in [6.07, 6.45) is 1.57. The highest BCUT2D eigenvalue weighted by molar-refractivity contribution is 5.93. The number of fused-ring (bicyclic) bond motifs is 1.